The van der Waals surface area contributed by atoms with Crippen molar-refractivity contribution in [3.05, 3.63) is 0 Å². The number of alkyl halides is 7. The average Bonchev–Trinajstić information content (AvgIpc) is 1.96. The minimum absolute atomic E-state index is 0.800. The molecule has 14 heavy (non-hydrogen) atoms. The van der Waals surface area contributed by atoms with Crippen LogP contribution in [0.3, 0.4) is 0 Å². The quantitative estimate of drug-likeness (QED) is 0.561. The second-order valence-electron chi connectivity index (χ2n) is 2.60. The molecule has 8 heteroatoms. The molecule has 0 amide bonds. The van der Waals surface area contributed by atoms with Gasteiger partial charge >= 0.3 is 18.5 Å². The van der Waals surface area contributed by atoms with Gasteiger partial charge in [0.15, 0.2) is 0 Å². The SMILES string of the molecule is FC(F)C(F)(F)CNCCC(F)(F)F. The van der Waals surface area contributed by atoms with Crippen LogP contribution in [0, 0.1) is 0 Å². The molecule has 0 unspecified atom stereocenters. The number of hydrogen-bond donors (Lipinski definition) is 1. The monoisotopic (exact) mass is 227 g/mol. The maximum absolute atomic E-state index is 12.1. The van der Waals surface area contributed by atoms with Crippen molar-refractivity contribution in [2.24, 2.45) is 0 Å². The Morgan fingerprint density at radius 1 is 1.00 bits per heavy atom. The highest BCUT2D eigenvalue weighted by atomic mass is 19.4. The van der Waals surface area contributed by atoms with Crippen LogP contribution in [0.1, 0.15) is 6.42 Å². The zero-order chi connectivity index (χ0) is 11.4. The van der Waals surface area contributed by atoms with Crippen LogP contribution in [0.25, 0.3) is 0 Å². The molecule has 86 valence electrons. The molecule has 0 saturated heterocycles. The normalized spacial score (nSPS) is 13.7. The van der Waals surface area contributed by atoms with Crippen LogP contribution in [0.15, 0.2) is 0 Å². The summed E-state index contributed by atoms with van der Waals surface area (Å²) in [5.41, 5.74) is 0. The topological polar surface area (TPSA) is 12.0 Å². The minimum atomic E-state index is -4.48. The molecule has 0 rings (SSSR count). The largest absolute Gasteiger partial charge is 0.390 e. The van der Waals surface area contributed by atoms with E-state index in [1.54, 1.807) is 5.32 Å². The molecule has 0 aliphatic carbocycles. The Morgan fingerprint density at radius 3 is 1.86 bits per heavy atom. The van der Waals surface area contributed by atoms with E-state index in [2.05, 4.69) is 0 Å². The van der Waals surface area contributed by atoms with Crippen molar-refractivity contribution < 1.29 is 30.7 Å². The lowest BCUT2D eigenvalue weighted by Crippen LogP contribution is -2.39. The van der Waals surface area contributed by atoms with Gasteiger partial charge in [-0.3, -0.25) is 0 Å². The molecule has 0 aliphatic heterocycles. The highest BCUT2D eigenvalue weighted by Gasteiger charge is 2.40. The van der Waals surface area contributed by atoms with E-state index in [4.69, 9.17) is 0 Å². The molecule has 0 spiro atoms. The van der Waals surface area contributed by atoms with Gasteiger partial charge in [0.05, 0.1) is 13.0 Å². The first-order valence-corrected chi connectivity index (χ1v) is 3.58. The predicted molar refractivity (Wildman–Crippen MR) is 34.5 cm³/mol. The van der Waals surface area contributed by atoms with Crippen molar-refractivity contribution in [1.29, 1.82) is 0 Å². The summed E-state index contributed by atoms with van der Waals surface area (Å²) in [5, 5.41) is 1.61. The summed E-state index contributed by atoms with van der Waals surface area (Å²) in [5.74, 6) is -4.29. The van der Waals surface area contributed by atoms with Gasteiger partial charge in [0.2, 0.25) is 0 Å². The molecule has 0 heterocycles. The summed E-state index contributed by atoms with van der Waals surface area (Å²) < 4.78 is 81.4. The van der Waals surface area contributed by atoms with Crippen molar-refractivity contribution in [3.8, 4) is 0 Å². The predicted octanol–water partition coefficient (Wildman–Crippen LogP) is 2.43. The second kappa shape index (κ2) is 4.81. The Balaban J connectivity index is 3.65. The van der Waals surface area contributed by atoms with Crippen LogP contribution >= 0.6 is 0 Å². The molecular weight excluding hydrogens is 219 g/mol. The van der Waals surface area contributed by atoms with E-state index in [1.165, 1.54) is 0 Å². The van der Waals surface area contributed by atoms with Gasteiger partial charge in [0.1, 0.15) is 0 Å². The van der Waals surface area contributed by atoms with Crippen molar-refractivity contribution in [2.45, 2.75) is 24.9 Å². The summed E-state index contributed by atoms with van der Waals surface area (Å²) in [6.07, 6.45) is -9.68. The fourth-order valence-corrected chi connectivity index (χ4v) is 0.562. The second-order valence-corrected chi connectivity index (χ2v) is 2.60. The molecular formula is C6H8F7N. The fourth-order valence-electron chi connectivity index (χ4n) is 0.562. The molecule has 0 aromatic carbocycles. The lowest BCUT2D eigenvalue weighted by atomic mass is 10.3. The number of nitrogens with one attached hydrogen (secondary N) is 1. The maximum atomic E-state index is 12.1. The third-order valence-electron chi connectivity index (χ3n) is 1.27. The standard InChI is InChI=1S/C6H8F7N/c7-4(8)5(9,10)3-14-2-1-6(11,12)13/h4,14H,1-3H2. The number of rotatable bonds is 5. The zero-order valence-corrected chi connectivity index (χ0v) is 6.84. The Morgan fingerprint density at radius 2 is 1.50 bits per heavy atom. The minimum Gasteiger partial charge on any atom is -0.311 e. The first-order chi connectivity index (χ1) is 6.15. The molecule has 1 nitrogen and oxygen atoms in total. The molecule has 0 atom stereocenters. The van der Waals surface area contributed by atoms with Gasteiger partial charge < -0.3 is 5.32 Å². The highest BCUT2D eigenvalue weighted by Crippen LogP contribution is 2.22. The molecule has 0 aromatic rings. The first kappa shape index (κ1) is 13.5. The zero-order valence-electron chi connectivity index (χ0n) is 6.84. The van der Waals surface area contributed by atoms with E-state index in [-0.39, 0.29) is 0 Å². The molecule has 0 bridgehead atoms. The first-order valence-electron chi connectivity index (χ1n) is 3.58. The van der Waals surface area contributed by atoms with Gasteiger partial charge in [-0.2, -0.15) is 22.0 Å². The van der Waals surface area contributed by atoms with Crippen molar-refractivity contribution >= 4 is 0 Å². The van der Waals surface area contributed by atoms with Crippen LogP contribution in [0.4, 0.5) is 30.7 Å². The van der Waals surface area contributed by atoms with E-state index >= 15 is 0 Å². The van der Waals surface area contributed by atoms with Gasteiger partial charge in [0, 0.05) is 6.54 Å². The Hall–Kier alpha value is -0.530. The van der Waals surface area contributed by atoms with E-state index in [9.17, 15) is 30.7 Å². The summed E-state index contributed by atoms with van der Waals surface area (Å²) in [6, 6.07) is 0. The lowest BCUT2D eigenvalue weighted by molar-refractivity contribution is -0.139. The third-order valence-corrected chi connectivity index (χ3v) is 1.27. The highest BCUT2D eigenvalue weighted by molar-refractivity contribution is 4.72. The molecule has 0 aliphatic rings. The average molecular weight is 227 g/mol. The summed E-state index contributed by atoms with van der Waals surface area (Å²) in [6.45, 7) is -2.26. The van der Waals surface area contributed by atoms with E-state index in [1.807, 2.05) is 0 Å². The molecule has 0 fully saturated rings. The lowest BCUT2D eigenvalue weighted by Gasteiger charge is -2.16. The van der Waals surface area contributed by atoms with Crippen LogP contribution in [0.2, 0.25) is 0 Å². The van der Waals surface area contributed by atoms with Gasteiger partial charge in [-0.25, -0.2) is 8.78 Å². The van der Waals surface area contributed by atoms with Crippen LogP contribution < -0.4 is 5.32 Å². The molecule has 0 radical (unpaired) electrons. The van der Waals surface area contributed by atoms with Crippen molar-refractivity contribution in [2.75, 3.05) is 13.1 Å². The smallest absolute Gasteiger partial charge is 0.311 e. The van der Waals surface area contributed by atoms with Gasteiger partial charge in [-0.15, -0.1) is 0 Å². The van der Waals surface area contributed by atoms with E-state index < -0.39 is 38.0 Å². The van der Waals surface area contributed by atoms with E-state index in [0.29, 0.717) is 0 Å². The Labute approximate surface area is 75.3 Å². The maximum Gasteiger partial charge on any atom is 0.390 e. The summed E-state index contributed by atoms with van der Waals surface area (Å²) in [4.78, 5) is 0. The van der Waals surface area contributed by atoms with Gasteiger partial charge in [-0.05, 0) is 0 Å². The van der Waals surface area contributed by atoms with Crippen molar-refractivity contribution in [1.82, 2.24) is 5.32 Å². The third kappa shape index (κ3) is 6.01. The van der Waals surface area contributed by atoms with Crippen LogP contribution in [0.5, 0.6) is 0 Å². The molecule has 0 aromatic heterocycles. The number of halogens is 7. The van der Waals surface area contributed by atoms with E-state index in [0.717, 1.165) is 0 Å². The summed E-state index contributed by atoms with van der Waals surface area (Å²) in [7, 11) is 0. The molecule has 1 N–H and O–H groups in total. The van der Waals surface area contributed by atoms with Gasteiger partial charge in [-0.1, -0.05) is 0 Å². The molecule has 0 saturated carbocycles. The summed E-state index contributed by atoms with van der Waals surface area (Å²) >= 11 is 0. The Kier molecular flexibility index (Phi) is 4.63. The number of hydrogen-bond acceptors (Lipinski definition) is 1. The fraction of sp³-hybridized carbons (Fsp3) is 1.00. The Bertz CT molecular complexity index is 164. The van der Waals surface area contributed by atoms with Gasteiger partial charge in [0.25, 0.3) is 0 Å². The van der Waals surface area contributed by atoms with Crippen LogP contribution in [-0.2, 0) is 0 Å². The van der Waals surface area contributed by atoms with Crippen molar-refractivity contribution in [3.63, 3.8) is 0 Å². The van der Waals surface area contributed by atoms with Crippen LogP contribution in [-0.4, -0.2) is 31.6 Å².